The van der Waals surface area contributed by atoms with Crippen LogP contribution in [0.5, 0.6) is 0 Å². The van der Waals surface area contributed by atoms with Crippen LogP contribution in [0.25, 0.3) is 22.3 Å². The number of carbonyl (C=O) groups is 1. The van der Waals surface area contributed by atoms with E-state index in [2.05, 4.69) is 20.0 Å². The molecule has 1 amide bonds. The van der Waals surface area contributed by atoms with E-state index in [1.165, 1.54) is 16.8 Å². The standard InChI is InChI=1S/C21H19ClFN5O/c1-27-13-17(22)19(26-27)21(29)25-10-3-11-28-18(14-5-7-16(23)8-6-14)12-15-4-2-9-24-20(15)28/h2,4-9,12-13H,3,10-11H2,1H3,(H,25,29). The Kier molecular flexibility index (Phi) is 5.31. The minimum atomic E-state index is -0.301. The highest BCUT2D eigenvalue weighted by Gasteiger charge is 2.15. The fourth-order valence-corrected chi connectivity index (χ4v) is 3.57. The van der Waals surface area contributed by atoms with Crippen molar-refractivity contribution in [1.82, 2.24) is 24.6 Å². The first kappa shape index (κ1) is 19.1. The SMILES string of the molecule is Cn1cc(Cl)c(C(=O)NCCCn2c(-c3ccc(F)cc3)cc3cccnc32)n1. The molecule has 1 N–H and O–H groups in total. The molecule has 0 aliphatic carbocycles. The number of benzene rings is 1. The van der Waals surface area contributed by atoms with Gasteiger partial charge < -0.3 is 9.88 Å². The number of hydrogen-bond donors (Lipinski definition) is 1. The molecular formula is C21H19ClFN5O. The van der Waals surface area contributed by atoms with Crippen molar-refractivity contribution >= 4 is 28.5 Å². The predicted molar refractivity (Wildman–Crippen MR) is 110 cm³/mol. The van der Waals surface area contributed by atoms with Crippen molar-refractivity contribution in [2.45, 2.75) is 13.0 Å². The van der Waals surface area contributed by atoms with Crippen molar-refractivity contribution in [3.05, 3.63) is 71.4 Å². The summed E-state index contributed by atoms with van der Waals surface area (Å²) in [5, 5.41) is 8.25. The number of fused-ring (bicyclic) bond motifs is 1. The number of hydrogen-bond acceptors (Lipinski definition) is 3. The number of nitrogens with zero attached hydrogens (tertiary/aromatic N) is 4. The Morgan fingerprint density at radius 1 is 1.24 bits per heavy atom. The lowest BCUT2D eigenvalue weighted by Gasteiger charge is -2.11. The van der Waals surface area contributed by atoms with Gasteiger partial charge in [0.25, 0.3) is 5.91 Å². The number of amides is 1. The van der Waals surface area contributed by atoms with Crippen molar-refractivity contribution in [2.24, 2.45) is 7.05 Å². The van der Waals surface area contributed by atoms with Gasteiger partial charge in [-0.1, -0.05) is 11.6 Å². The second kappa shape index (κ2) is 8.05. The summed E-state index contributed by atoms with van der Waals surface area (Å²) >= 11 is 6.02. The Morgan fingerprint density at radius 3 is 2.76 bits per heavy atom. The van der Waals surface area contributed by atoms with Crippen molar-refractivity contribution in [2.75, 3.05) is 6.54 Å². The highest BCUT2D eigenvalue weighted by Crippen LogP contribution is 2.27. The van der Waals surface area contributed by atoms with Gasteiger partial charge in [-0.2, -0.15) is 5.10 Å². The number of halogens is 2. The molecule has 0 aliphatic heterocycles. The van der Waals surface area contributed by atoms with Gasteiger partial charge in [-0.3, -0.25) is 9.48 Å². The fraction of sp³-hybridized carbons (Fsp3) is 0.190. The Hall–Kier alpha value is -3.19. The number of aryl methyl sites for hydroxylation is 2. The van der Waals surface area contributed by atoms with E-state index in [4.69, 9.17) is 11.6 Å². The minimum Gasteiger partial charge on any atom is -0.351 e. The van der Waals surface area contributed by atoms with Gasteiger partial charge in [-0.25, -0.2) is 9.37 Å². The zero-order valence-corrected chi connectivity index (χ0v) is 16.5. The molecule has 29 heavy (non-hydrogen) atoms. The third kappa shape index (κ3) is 4.00. The molecule has 0 aliphatic rings. The number of rotatable bonds is 6. The van der Waals surface area contributed by atoms with E-state index in [1.807, 2.05) is 18.2 Å². The first-order valence-electron chi connectivity index (χ1n) is 9.20. The quantitative estimate of drug-likeness (QED) is 0.487. The molecule has 0 radical (unpaired) electrons. The van der Waals surface area contributed by atoms with Crippen LogP contribution >= 0.6 is 11.6 Å². The summed E-state index contributed by atoms with van der Waals surface area (Å²) in [5.74, 6) is -0.574. The highest BCUT2D eigenvalue weighted by molar-refractivity contribution is 6.33. The molecule has 0 atom stereocenters. The van der Waals surface area contributed by atoms with Crippen molar-refractivity contribution in [1.29, 1.82) is 0 Å². The molecule has 4 rings (SSSR count). The summed E-state index contributed by atoms with van der Waals surface area (Å²) in [6, 6.07) is 12.3. The molecule has 0 bridgehead atoms. The molecule has 0 saturated carbocycles. The average Bonchev–Trinajstić information content (AvgIpc) is 3.25. The van der Waals surface area contributed by atoms with E-state index in [9.17, 15) is 9.18 Å². The average molecular weight is 412 g/mol. The summed E-state index contributed by atoms with van der Waals surface area (Å²) in [4.78, 5) is 16.7. The number of nitrogens with one attached hydrogen (secondary N) is 1. The van der Waals surface area contributed by atoms with Gasteiger partial charge in [0.1, 0.15) is 11.5 Å². The van der Waals surface area contributed by atoms with Crippen LogP contribution in [0.3, 0.4) is 0 Å². The topological polar surface area (TPSA) is 64.7 Å². The molecule has 0 fully saturated rings. The highest BCUT2D eigenvalue weighted by atomic mass is 35.5. The molecule has 0 unspecified atom stereocenters. The molecule has 0 spiro atoms. The Bertz CT molecular complexity index is 1170. The van der Waals surface area contributed by atoms with Gasteiger partial charge in [0.05, 0.1) is 10.7 Å². The van der Waals surface area contributed by atoms with E-state index in [-0.39, 0.29) is 17.4 Å². The molecule has 6 nitrogen and oxygen atoms in total. The molecule has 8 heteroatoms. The fourth-order valence-electron chi connectivity index (χ4n) is 3.31. The Balaban J connectivity index is 1.50. The summed E-state index contributed by atoms with van der Waals surface area (Å²) in [5.41, 5.74) is 2.94. The van der Waals surface area contributed by atoms with Crippen LogP contribution in [0, 0.1) is 5.82 Å². The van der Waals surface area contributed by atoms with Gasteiger partial charge >= 0.3 is 0 Å². The maximum absolute atomic E-state index is 13.3. The van der Waals surface area contributed by atoms with Gasteiger partial charge in [-0.15, -0.1) is 0 Å². The normalized spacial score (nSPS) is 11.1. The van der Waals surface area contributed by atoms with Gasteiger partial charge in [0.2, 0.25) is 0 Å². The van der Waals surface area contributed by atoms with Crippen LogP contribution in [-0.2, 0) is 13.6 Å². The maximum Gasteiger partial charge on any atom is 0.273 e. The van der Waals surface area contributed by atoms with Gasteiger partial charge in [0.15, 0.2) is 5.69 Å². The minimum absolute atomic E-state index is 0.217. The zero-order chi connectivity index (χ0) is 20.4. The smallest absolute Gasteiger partial charge is 0.273 e. The molecule has 3 heterocycles. The van der Waals surface area contributed by atoms with Crippen molar-refractivity contribution in [3.8, 4) is 11.3 Å². The summed E-state index contributed by atoms with van der Waals surface area (Å²) in [7, 11) is 1.71. The largest absolute Gasteiger partial charge is 0.351 e. The van der Waals surface area contributed by atoms with Crippen LogP contribution in [0.2, 0.25) is 5.02 Å². The third-order valence-corrected chi connectivity index (χ3v) is 4.92. The Labute approximate surface area is 171 Å². The van der Waals surface area contributed by atoms with Gasteiger partial charge in [0, 0.05) is 37.9 Å². The third-order valence-electron chi connectivity index (χ3n) is 4.64. The summed E-state index contributed by atoms with van der Waals surface area (Å²) in [6.07, 6.45) is 4.02. The van der Waals surface area contributed by atoms with E-state index in [0.717, 1.165) is 22.3 Å². The summed E-state index contributed by atoms with van der Waals surface area (Å²) in [6.45, 7) is 1.10. The lowest BCUT2D eigenvalue weighted by atomic mass is 10.1. The van der Waals surface area contributed by atoms with Crippen LogP contribution in [-0.4, -0.2) is 31.8 Å². The van der Waals surface area contributed by atoms with Crippen LogP contribution in [0.1, 0.15) is 16.9 Å². The van der Waals surface area contributed by atoms with Crippen LogP contribution < -0.4 is 5.32 Å². The monoisotopic (exact) mass is 411 g/mol. The molecule has 1 aromatic carbocycles. The zero-order valence-electron chi connectivity index (χ0n) is 15.8. The second-order valence-corrected chi connectivity index (χ2v) is 7.12. The van der Waals surface area contributed by atoms with E-state index < -0.39 is 0 Å². The molecule has 4 aromatic rings. The van der Waals surface area contributed by atoms with E-state index in [1.54, 1.807) is 31.6 Å². The lowest BCUT2D eigenvalue weighted by Crippen LogP contribution is -2.26. The van der Waals surface area contributed by atoms with E-state index in [0.29, 0.717) is 24.5 Å². The van der Waals surface area contributed by atoms with Crippen LogP contribution in [0.15, 0.2) is 54.9 Å². The van der Waals surface area contributed by atoms with Crippen molar-refractivity contribution in [3.63, 3.8) is 0 Å². The summed E-state index contributed by atoms with van der Waals surface area (Å²) < 4.78 is 16.9. The number of aromatic nitrogens is 4. The maximum atomic E-state index is 13.3. The molecule has 148 valence electrons. The Morgan fingerprint density at radius 2 is 2.03 bits per heavy atom. The molecular weight excluding hydrogens is 393 g/mol. The first-order chi connectivity index (χ1) is 14.0. The van der Waals surface area contributed by atoms with E-state index >= 15 is 0 Å². The van der Waals surface area contributed by atoms with Crippen molar-refractivity contribution < 1.29 is 9.18 Å². The van der Waals surface area contributed by atoms with Crippen LogP contribution in [0.4, 0.5) is 4.39 Å². The molecule has 0 saturated heterocycles. The first-order valence-corrected chi connectivity index (χ1v) is 9.58. The number of pyridine rings is 1. The number of carbonyl (C=O) groups excluding carboxylic acids is 1. The van der Waals surface area contributed by atoms with Gasteiger partial charge in [-0.05, 0) is 54.4 Å². The second-order valence-electron chi connectivity index (χ2n) is 6.71. The molecule has 3 aromatic heterocycles. The lowest BCUT2D eigenvalue weighted by molar-refractivity contribution is 0.0947. The predicted octanol–water partition coefficient (Wildman–Crippen LogP) is 4.05.